The molecule has 3 N–H and O–H groups in total. The van der Waals surface area contributed by atoms with E-state index in [0.29, 0.717) is 6.54 Å². The standard InChI is InChI=1S/C14H14N4S/c1-9-4-14(16-6-11-7-19-8-17-11)12-5-10(15)2-3-13(12)18-9/h2-5,7-8H,6,15H2,1H3,(H,16,18). The third-order valence-corrected chi connectivity index (χ3v) is 3.54. The van der Waals surface area contributed by atoms with E-state index in [1.165, 1.54) is 0 Å². The van der Waals surface area contributed by atoms with Gasteiger partial charge in [-0.25, -0.2) is 4.98 Å². The van der Waals surface area contributed by atoms with Gasteiger partial charge in [0.05, 0.1) is 23.3 Å². The van der Waals surface area contributed by atoms with Crippen LogP contribution in [0.1, 0.15) is 11.4 Å². The minimum Gasteiger partial charge on any atom is -0.399 e. The topological polar surface area (TPSA) is 63.8 Å². The maximum Gasteiger partial charge on any atom is 0.0795 e. The molecule has 0 fully saturated rings. The number of anilines is 2. The first-order valence-corrected chi connectivity index (χ1v) is 6.94. The Hall–Kier alpha value is -2.14. The van der Waals surface area contributed by atoms with E-state index < -0.39 is 0 Å². The van der Waals surface area contributed by atoms with Gasteiger partial charge in [-0.2, -0.15) is 0 Å². The van der Waals surface area contributed by atoms with E-state index in [9.17, 15) is 0 Å². The van der Waals surface area contributed by atoms with Crippen molar-refractivity contribution in [2.75, 3.05) is 11.1 Å². The number of pyridine rings is 1. The normalized spacial score (nSPS) is 10.8. The van der Waals surface area contributed by atoms with Gasteiger partial charge < -0.3 is 11.1 Å². The number of nitrogens with one attached hydrogen (secondary N) is 1. The Labute approximate surface area is 115 Å². The second kappa shape index (κ2) is 4.85. The van der Waals surface area contributed by atoms with Crippen molar-refractivity contribution in [3.8, 4) is 0 Å². The number of nitrogens with zero attached hydrogens (tertiary/aromatic N) is 2. The molecule has 0 unspecified atom stereocenters. The quantitative estimate of drug-likeness (QED) is 0.717. The van der Waals surface area contributed by atoms with Crippen LogP contribution in [0.3, 0.4) is 0 Å². The molecule has 0 aliphatic carbocycles. The number of fused-ring (bicyclic) bond motifs is 1. The number of nitrogen functional groups attached to an aromatic ring is 1. The molecule has 0 amide bonds. The molecule has 0 radical (unpaired) electrons. The largest absolute Gasteiger partial charge is 0.399 e. The SMILES string of the molecule is Cc1cc(NCc2cscn2)c2cc(N)ccc2n1. The van der Waals surface area contributed by atoms with Crippen molar-refractivity contribution in [1.29, 1.82) is 0 Å². The number of aromatic nitrogens is 2. The lowest BCUT2D eigenvalue weighted by atomic mass is 10.1. The fourth-order valence-electron chi connectivity index (χ4n) is 2.03. The van der Waals surface area contributed by atoms with Crippen LogP contribution in [-0.4, -0.2) is 9.97 Å². The van der Waals surface area contributed by atoms with Crippen molar-refractivity contribution >= 4 is 33.6 Å². The number of nitrogens with two attached hydrogens (primary N) is 1. The Morgan fingerprint density at radius 3 is 3.00 bits per heavy atom. The molecule has 0 saturated heterocycles. The van der Waals surface area contributed by atoms with Crippen LogP contribution in [0.5, 0.6) is 0 Å². The highest BCUT2D eigenvalue weighted by Gasteiger charge is 2.05. The van der Waals surface area contributed by atoms with E-state index in [0.717, 1.165) is 33.7 Å². The van der Waals surface area contributed by atoms with Crippen LogP contribution in [0.2, 0.25) is 0 Å². The molecule has 5 heteroatoms. The van der Waals surface area contributed by atoms with Crippen molar-refractivity contribution in [1.82, 2.24) is 9.97 Å². The number of hydrogen-bond donors (Lipinski definition) is 2. The Morgan fingerprint density at radius 2 is 2.21 bits per heavy atom. The van der Waals surface area contributed by atoms with Crippen LogP contribution in [0.25, 0.3) is 10.9 Å². The minimum atomic E-state index is 0.705. The van der Waals surface area contributed by atoms with E-state index in [2.05, 4.69) is 15.3 Å². The third-order valence-electron chi connectivity index (χ3n) is 2.90. The molecule has 0 aliphatic heterocycles. The number of rotatable bonds is 3. The van der Waals surface area contributed by atoms with Gasteiger partial charge in [0.15, 0.2) is 0 Å². The first-order valence-electron chi connectivity index (χ1n) is 6.00. The van der Waals surface area contributed by atoms with Gasteiger partial charge in [-0.3, -0.25) is 4.98 Å². The van der Waals surface area contributed by atoms with Crippen LogP contribution in [0.4, 0.5) is 11.4 Å². The molecule has 0 bridgehead atoms. The highest BCUT2D eigenvalue weighted by atomic mass is 32.1. The molecular weight excluding hydrogens is 256 g/mol. The summed E-state index contributed by atoms with van der Waals surface area (Å²) in [6.45, 7) is 2.70. The zero-order chi connectivity index (χ0) is 13.2. The molecule has 0 aliphatic rings. The number of hydrogen-bond acceptors (Lipinski definition) is 5. The van der Waals surface area contributed by atoms with Gasteiger partial charge in [0, 0.05) is 27.8 Å². The van der Waals surface area contributed by atoms with Crippen molar-refractivity contribution in [3.63, 3.8) is 0 Å². The summed E-state index contributed by atoms with van der Waals surface area (Å²) in [4.78, 5) is 8.78. The maximum atomic E-state index is 5.86. The summed E-state index contributed by atoms with van der Waals surface area (Å²) in [6.07, 6.45) is 0. The summed E-state index contributed by atoms with van der Waals surface area (Å²) in [6, 6.07) is 7.81. The van der Waals surface area contributed by atoms with Gasteiger partial charge in [0.2, 0.25) is 0 Å². The van der Waals surface area contributed by atoms with Crippen molar-refractivity contribution in [2.45, 2.75) is 13.5 Å². The molecule has 19 heavy (non-hydrogen) atoms. The van der Waals surface area contributed by atoms with Crippen LogP contribution < -0.4 is 11.1 Å². The predicted octanol–water partition coefficient (Wildman–Crippen LogP) is 3.19. The van der Waals surface area contributed by atoms with E-state index in [-0.39, 0.29) is 0 Å². The zero-order valence-corrected chi connectivity index (χ0v) is 11.4. The molecule has 4 nitrogen and oxygen atoms in total. The molecular formula is C14H14N4S. The van der Waals surface area contributed by atoms with E-state index in [1.807, 2.05) is 42.1 Å². The fraction of sp³-hybridized carbons (Fsp3) is 0.143. The summed E-state index contributed by atoms with van der Waals surface area (Å²) < 4.78 is 0. The van der Waals surface area contributed by atoms with Crippen LogP contribution in [0.15, 0.2) is 35.2 Å². The number of aryl methyl sites for hydroxylation is 1. The Balaban J connectivity index is 1.99. The Bertz CT molecular complexity index is 707. The minimum absolute atomic E-state index is 0.705. The zero-order valence-electron chi connectivity index (χ0n) is 10.6. The van der Waals surface area contributed by atoms with Gasteiger partial charge >= 0.3 is 0 Å². The second-order valence-corrected chi connectivity index (χ2v) is 5.14. The van der Waals surface area contributed by atoms with Crippen LogP contribution in [0, 0.1) is 6.92 Å². The second-order valence-electron chi connectivity index (χ2n) is 4.42. The van der Waals surface area contributed by atoms with E-state index >= 15 is 0 Å². The summed E-state index contributed by atoms with van der Waals surface area (Å²) in [5, 5.41) is 6.49. The molecule has 2 heterocycles. The average molecular weight is 270 g/mol. The summed E-state index contributed by atoms with van der Waals surface area (Å²) in [7, 11) is 0. The fourth-order valence-corrected chi connectivity index (χ4v) is 2.59. The summed E-state index contributed by atoms with van der Waals surface area (Å²) in [5.74, 6) is 0. The van der Waals surface area contributed by atoms with Gasteiger partial charge in [-0.05, 0) is 31.2 Å². The van der Waals surface area contributed by atoms with E-state index in [4.69, 9.17) is 5.73 Å². The van der Waals surface area contributed by atoms with Gasteiger partial charge in [0.1, 0.15) is 0 Å². The van der Waals surface area contributed by atoms with Gasteiger partial charge in [-0.1, -0.05) is 0 Å². The van der Waals surface area contributed by atoms with E-state index in [1.54, 1.807) is 11.3 Å². The summed E-state index contributed by atoms with van der Waals surface area (Å²) in [5.41, 5.74) is 12.5. The lowest BCUT2D eigenvalue weighted by Crippen LogP contribution is -2.01. The number of thiazole rings is 1. The first-order chi connectivity index (χ1) is 9.22. The Morgan fingerprint density at radius 1 is 1.32 bits per heavy atom. The van der Waals surface area contributed by atoms with Crippen molar-refractivity contribution < 1.29 is 0 Å². The molecule has 0 saturated carbocycles. The summed E-state index contributed by atoms with van der Waals surface area (Å²) >= 11 is 1.60. The predicted molar refractivity (Wildman–Crippen MR) is 80.3 cm³/mol. The highest BCUT2D eigenvalue weighted by molar-refractivity contribution is 7.07. The maximum absolute atomic E-state index is 5.86. The molecule has 3 aromatic rings. The smallest absolute Gasteiger partial charge is 0.0795 e. The average Bonchev–Trinajstić information content (AvgIpc) is 2.89. The molecule has 2 aromatic heterocycles. The lowest BCUT2D eigenvalue weighted by Gasteiger charge is -2.10. The monoisotopic (exact) mass is 270 g/mol. The lowest BCUT2D eigenvalue weighted by molar-refractivity contribution is 1.07. The number of benzene rings is 1. The van der Waals surface area contributed by atoms with Crippen molar-refractivity contribution in [3.05, 3.63) is 46.5 Å². The third kappa shape index (κ3) is 2.51. The van der Waals surface area contributed by atoms with Crippen molar-refractivity contribution in [2.24, 2.45) is 0 Å². The van der Waals surface area contributed by atoms with Crippen LogP contribution >= 0.6 is 11.3 Å². The molecule has 0 spiro atoms. The first kappa shape index (κ1) is 11.9. The Kier molecular flexibility index (Phi) is 3.05. The molecule has 1 aromatic carbocycles. The highest BCUT2D eigenvalue weighted by Crippen LogP contribution is 2.25. The van der Waals surface area contributed by atoms with Crippen LogP contribution in [-0.2, 0) is 6.54 Å². The van der Waals surface area contributed by atoms with Gasteiger partial charge in [0.25, 0.3) is 0 Å². The molecule has 3 rings (SSSR count). The molecule has 96 valence electrons. The van der Waals surface area contributed by atoms with Gasteiger partial charge in [-0.15, -0.1) is 11.3 Å². The molecule has 0 atom stereocenters.